The maximum Gasteiger partial charge on any atom is 0.534 e. The van der Waals surface area contributed by atoms with Crippen molar-refractivity contribution >= 4 is 78.8 Å². The Morgan fingerprint density at radius 2 is 1.13 bits per heavy atom. The molecule has 0 radical (unpaired) electrons. The van der Waals surface area contributed by atoms with Gasteiger partial charge in [0.15, 0.2) is 0 Å². The molecule has 6 atom stereocenters. The van der Waals surface area contributed by atoms with Gasteiger partial charge in [-0.15, -0.1) is 23.5 Å². The van der Waals surface area contributed by atoms with Crippen LogP contribution in [-0.4, -0.2) is 101 Å². The summed E-state index contributed by atoms with van der Waals surface area (Å²) in [5.74, 6) is -0.449. The molecule has 16 heteroatoms. The summed E-state index contributed by atoms with van der Waals surface area (Å²) in [6.07, 6.45) is 25.9. The van der Waals surface area contributed by atoms with Crippen LogP contribution in [-0.2, 0) is 10.1 Å². The van der Waals surface area contributed by atoms with Crippen molar-refractivity contribution in [1.82, 2.24) is 19.8 Å². The third-order valence-corrected chi connectivity index (χ3v) is 34.4. The molecule has 2 aromatic carbocycles. The van der Waals surface area contributed by atoms with Crippen LogP contribution in [0.15, 0.2) is 95.2 Å². The molecule has 2 unspecified atom stereocenters. The summed E-state index contributed by atoms with van der Waals surface area (Å²) in [7, 11) is -1.26. The zero-order chi connectivity index (χ0) is 48.2. The van der Waals surface area contributed by atoms with Crippen molar-refractivity contribution in [2.24, 2.45) is 0 Å². The van der Waals surface area contributed by atoms with Crippen molar-refractivity contribution in [3.63, 3.8) is 0 Å². The number of nitrogens with zero attached hydrogens (tertiary/aromatic N) is 4. The zero-order valence-corrected chi connectivity index (χ0v) is 46.5. The van der Waals surface area contributed by atoms with Crippen molar-refractivity contribution < 1.29 is 25.8 Å². The second kappa shape index (κ2) is 25.6. The molecule has 4 bridgehead atoms. The van der Waals surface area contributed by atoms with E-state index in [4.69, 9.17) is 23.2 Å². The predicted molar refractivity (Wildman–Crippen MR) is 277 cm³/mol. The number of alkyl halides is 3. The van der Waals surface area contributed by atoms with Gasteiger partial charge in [-0.3, -0.25) is 4.98 Å². The van der Waals surface area contributed by atoms with Gasteiger partial charge in [0.05, 0.1) is 10.0 Å². The Morgan fingerprint density at radius 1 is 0.672 bits per heavy atom. The summed E-state index contributed by atoms with van der Waals surface area (Å²) >= 11 is 14.1. The second-order valence-corrected chi connectivity index (χ2v) is 37.1. The molecule has 4 aliphatic rings. The first-order valence-electron chi connectivity index (χ1n) is 24.2. The maximum absolute atomic E-state index is 12.4. The van der Waals surface area contributed by atoms with Crippen LogP contribution in [0.4, 0.5) is 13.2 Å². The van der Waals surface area contributed by atoms with Crippen molar-refractivity contribution in [3.05, 3.63) is 95.5 Å². The van der Waals surface area contributed by atoms with Gasteiger partial charge in [0.1, 0.15) is 5.75 Å². The first kappa shape index (κ1) is 54.6. The van der Waals surface area contributed by atoms with Crippen LogP contribution < -0.4 is 7.76 Å². The van der Waals surface area contributed by atoms with Gasteiger partial charge in [-0.05, 0) is 101 Å². The van der Waals surface area contributed by atoms with E-state index in [-0.39, 0.29) is 5.02 Å². The van der Waals surface area contributed by atoms with E-state index in [2.05, 4.69) is 101 Å². The number of hydrogen-bond acceptors (Lipinski definition) is 9. The molecular formula is C51H69Cl2F3N4O3S3Sn. The Balaban J connectivity index is 0.000000168. The fourth-order valence-electron chi connectivity index (χ4n) is 10.4. The zero-order valence-electron chi connectivity index (χ0n) is 39.7. The van der Waals surface area contributed by atoms with Crippen LogP contribution in [0.3, 0.4) is 0 Å². The average Bonchev–Trinajstić information content (AvgIpc) is 3.62. The molecule has 2 aromatic heterocycles. The van der Waals surface area contributed by atoms with Crippen LogP contribution in [0.5, 0.6) is 5.75 Å². The van der Waals surface area contributed by atoms with Gasteiger partial charge < -0.3 is 14.0 Å². The normalized spacial score (nSPS) is 23.0. The summed E-state index contributed by atoms with van der Waals surface area (Å²) in [5.41, 5.74) is -3.22. The van der Waals surface area contributed by atoms with E-state index in [0.717, 1.165) is 47.1 Å². The molecule has 7 nitrogen and oxygen atoms in total. The molecule has 6 heterocycles. The summed E-state index contributed by atoms with van der Waals surface area (Å²) in [6.45, 7) is 7.00. The largest absolute Gasteiger partial charge is 0.534 e. The van der Waals surface area contributed by atoms with Gasteiger partial charge in [-0.2, -0.15) is 21.6 Å². The maximum atomic E-state index is 12.4. The van der Waals surface area contributed by atoms with Crippen LogP contribution in [0.1, 0.15) is 111 Å². The number of benzene rings is 2. The minimum Gasteiger partial charge on any atom is -0.376 e. The van der Waals surface area contributed by atoms with Crippen molar-refractivity contribution in [1.29, 1.82) is 0 Å². The number of piperidine rings is 2. The van der Waals surface area contributed by atoms with E-state index < -0.39 is 39.8 Å². The van der Waals surface area contributed by atoms with Gasteiger partial charge in [0, 0.05) is 68.5 Å². The van der Waals surface area contributed by atoms with Gasteiger partial charge in [0.25, 0.3) is 0 Å². The minimum atomic E-state index is -5.69. The third-order valence-electron chi connectivity index (χ3n) is 14.3. The number of halogens is 5. The van der Waals surface area contributed by atoms with E-state index in [0.29, 0.717) is 27.5 Å². The Bertz CT molecular complexity index is 2220. The van der Waals surface area contributed by atoms with E-state index in [1.807, 2.05) is 30.2 Å². The summed E-state index contributed by atoms with van der Waals surface area (Å²) in [6, 6.07) is 21.5. The predicted octanol–water partition coefficient (Wildman–Crippen LogP) is 14.5. The number of aromatic nitrogens is 2. The molecule has 0 saturated carbocycles. The first-order valence-corrected chi connectivity index (χ1v) is 35.6. The molecule has 0 N–H and O–H groups in total. The van der Waals surface area contributed by atoms with Crippen LogP contribution in [0, 0.1) is 0 Å². The minimum absolute atomic E-state index is 0.186. The quantitative estimate of drug-likeness (QED) is 0.0584. The van der Waals surface area contributed by atoms with E-state index in [9.17, 15) is 21.6 Å². The molecule has 0 spiro atoms. The van der Waals surface area contributed by atoms with Crippen LogP contribution in [0.25, 0.3) is 11.1 Å². The Hall–Kier alpha value is -1.72. The monoisotopic (exact) mass is 1130 g/mol. The molecule has 4 saturated heterocycles. The summed E-state index contributed by atoms with van der Waals surface area (Å²) < 4.78 is 69.6. The Morgan fingerprint density at radius 3 is 1.54 bits per heavy atom. The fraction of sp³-hybridized carbons (Fsp3) is 0.569. The molecule has 0 amide bonds. The molecule has 368 valence electrons. The molecular weight excluding hydrogens is 1060 g/mol. The smallest absolute Gasteiger partial charge is 0.376 e. The van der Waals surface area contributed by atoms with Crippen molar-refractivity contribution in [3.8, 4) is 16.9 Å². The Kier molecular flexibility index (Phi) is 20.9. The van der Waals surface area contributed by atoms with Crippen molar-refractivity contribution in [2.75, 3.05) is 14.1 Å². The van der Waals surface area contributed by atoms with Gasteiger partial charge in [-0.25, -0.2) is 0 Å². The summed E-state index contributed by atoms with van der Waals surface area (Å²) in [5, 5.41) is 2.14. The number of thioether (sulfide) groups is 2. The number of hydrogen-bond donors (Lipinski definition) is 0. The topological polar surface area (TPSA) is 75.6 Å². The van der Waals surface area contributed by atoms with Crippen LogP contribution in [0.2, 0.25) is 23.4 Å². The number of fused-ring (bicyclic) bond motifs is 4. The second-order valence-electron chi connectivity index (χ2n) is 18.8. The molecule has 67 heavy (non-hydrogen) atoms. The molecule has 8 rings (SSSR count). The van der Waals surface area contributed by atoms with Crippen molar-refractivity contribution in [2.45, 2.75) is 174 Å². The first-order chi connectivity index (χ1) is 32.1. The number of unbranched alkanes of at least 4 members (excludes halogenated alkanes) is 3. The molecule has 4 fully saturated rings. The van der Waals surface area contributed by atoms with E-state index in [1.54, 1.807) is 21.5 Å². The van der Waals surface area contributed by atoms with Gasteiger partial charge in [-0.1, -0.05) is 35.3 Å². The molecule has 0 aliphatic carbocycles. The standard InChI is InChI=1S/C19H21ClN2S.C15H17ClF3NO3S2.C5H4N.3C4H9.Sn/c1-22-15-5-6-16(22)11-17(10-15)23-19-7-4-13(9-18(19)20)14-3-2-8-21-12-14;1-20-9-2-3-10(20)7-12(6-9)24-14-5-4-11(8-13(14)16)23-25(21,22)15(17,18)19;1-2-4-6-5-3-1;3*1-3-4-2;/h2-4,7-9,12,15-17H,5-6,10-11H2,1H3;4-5,8-10,12H,2-3,6-7H2,1H3;1-2,4-5H;3*1,3-4H2,2H3;/t15-,16+,17?;9-,10+,12?;;;;;. The number of pyridine rings is 2. The number of rotatable bonds is 17. The third kappa shape index (κ3) is 14.9. The Labute approximate surface area is 421 Å². The van der Waals surface area contributed by atoms with Crippen LogP contribution >= 0.6 is 46.7 Å². The average molecular weight is 1130 g/mol. The van der Waals surface area contributed by atoms with E-state index in [1.165, 1.54) is 107 Å². The summed E-state index contributed by atoms with van der Waals surface area (Å²) in [4.78, 5) is 15.5. The SMILES string of the molecule is CCC[CH2][Sn]([CH2]CCC)([CH2]CCC)[c]1cccnc1.CN1[C@@H]2CC[C@H]1CC(Sc1ccc(-c3cccnc3)cc1Cl)C2.CN1[C@@H]2CC[C@H]1CC(Sc1ccc(OS(=O)(=O)C(F)(F)F)cc1Cl)C2. The fourth-order valence-corrected chi connectivity index (χ4v) is 29.8. The van der Waals surface area contributed by atoms with Gasteiger partial charge >= 0.3 is 140 Å². The van der Waals surface area contributed by atoms with Gasteiger partial charge in [0.2, 0.25) is 0 Å². The molecule has 4 aromatic rings. The molecule has 4 aliphatic heterocycles. The van der Waals surface area contributed by atoms with E-state index >= 15 is 0 Å².